The monoisotopic (exact) mass is 201 g/mol. The lowest BCUT2D eigenvalue weighted by Crippen LogP contribution is -2.42. The van der Waals surface area contributed by atoms with Crippen LogP contribution in [0.5, 0.6) is 0 Å². The van der Waals surface area contributed by atoms with Gasteiger partial charge in [0.25, 0.3) is 0 Å². The van der Waals surface area contributed by atoms with Crippen LogP contribution in [0, 0.1) is 5.41 Å². The van der Waals surface area contributed by atoms with E-state index in [2.05, 4.69) is 0 Å². The van der Waals surface area contributed by atoms with Crippen LogP contribution in [0.2, 0.25) is 0 Å². The van der Waals surface area contributed by atoms with Crippen molar-refractivity contribution in [1.29, 1.82) is 0 Å². The highest BCUT2D eigenvalue weighted by atomic mass is 16.4. The summed E-state index contributed by atoms with van der Waals surface area (Å²) in [6.45, 7) is -0.134. The van der Waals surface area contributed by atoms with Crippen molar-refractivity contribution in [3.8, 4) is 0 Å². The molecule has 6 nitrogen and oxygen atoms in total. The summed E-state index contributed by atoms with van der Waals surface area (Å²) in [6.07, 6.45) is -0.398. The van der Waals surface area contributed by atoms with Crippen LogP contribution in [0.1, 0.15) is 12.8 Å². The Bertz CT molecular complexity index is 304. The maximum atomic E-state index is 10.8. The number of hydrogen-bond acceptors (Lipinski definition) is 3. The molecule has 0 bridgehead atoms. The third kappa shape index (κ3) is 1.00. The Hall–Kier alpha value is -1.30. The van der Waals surface area contributed by atoms with Crippen LogP contribution in [0.15, 0.2) is 0 Å². The van der Waals surface area contributed by atoms with E-state index in [0.717, 1.165) is 4.90 Å². The number of piperidine rings is 1. The molecule has 2 fully saturated rings. The van der Waals surface area contributed by atoms with Gasteiger partial charge in [0.15, 0.2) is 0 Å². The van der Waals surface area contributed by atoms with Gasteiger partial charge in [-0.1, -0.05) is 0 Å². The quantitative estimate of drug-likeness (QED) is 0.563. The number of carbonyl (C=O) groups is 2. The zero-order valence-electron chi connectivity index (χ0n) is 7.38. The SMILES string of the molecule is O=C(O)[C@@H]1C[C@]2(CO)CC2N1C(=O)O. The van der Waals surface area contributed by atoms with Crippen molar-refractivity contribution < 1.29 is 24.9 Å². The second kappa shape index (κ2) is 2.60. The summed E-state index contributed by atoms with van der Waals surface area (Å²) >= 11 is 0. The number of carboxylic acid groups (broad SMARTS) is 2. The lowest BCUT2D eigenvalue weighted by atomic mass is 10.0. The van der Waals surface area contributed by atoms with Gasteiger partial charge >= 0.3 is 12.1 Å². The van der Waals surface area contributed by atoms with E-state index in [9.17, 15) is 9.59 Å². The van der Waals surface area contributed by atoms with Crippen molar-refractivity contribution in [3.05, 3.63) is 0 Å². The molecule has 0 aromatic heterocycles. The fourth-order valence-electron chi connectivity index (χ4n) is 2.35. The Morgan fingerprint density at radius 3 is 2.36 bits per heavy atom. The number of fused-ring (bicyclic) bond motifs is 1. The Balaban J connectivity index is 2.22. The molecule has 3 atom stereocenters. The van der Waals surface area contributed by atoms with Crippen LogP contribution < -0.4 is 0 Å². The third-order valence-electron chi connectivity index (χ3n) is 3.24. The number of hydrogen-bond donors (Lipinski definition) is 3. The van der Waals surface area contributed by atoms with E-state index in [1.54, 1.807) is 0 Å². The molecule has 1 saturated heterocycles. The maximum absolute atomic E-state index is 10.8. The highest BCUT2D eigenvalue weighted by molar-refractivity contribution is 5.81. The minimum absolute atomic E-state index is 0.134. The largest absolute Gasteiger partial charge is 0.480 e. The van der Waals surface area contributed by atoms with Gasteiger partial charge in [-0.05, 0) is 12.8 Å². The molecule has 1 amide bonds. The number of likely N-dealkylation sites (tertiary alicyclic amines) is 1. The molecule has 0 radical (unpaired) electrons. The molecule has 1 aliphatic heterocycles. The standard InChI is InChI=1S/C8H11NO5/c10-3-8-1-4(6(11)12)9(7(13)14)5(8)2-8/h4-5,10H,1-3H2,(H,11,12)(H,13,14)/t4-,5?,8+/m0/s1. The molecule has 0 aromatic rings. The first-order valence-electron chi connectivity index (χ1n) is 4.37. The summed E-state index contributed by atoms with van der Waals surface area (Å²) in [6, 6.07) is -1.29. The van der Waals surface area contributed by atoms with Crippen molar-refractivity contribution in [2.75, 3.05) is 6.61 Å². The van der Waals surface area contributed by atoms with Gasteiger partial charge < -0.3 is 15.3 Å². The number of amides is 1. The zero-order chi connectivity index (χ0) is 10.5. The summed E-state index contributed by atoms with van der Waals surface area (Å²) in [5, 5.41) is 26.7. The molecule has 78 valence electrons. The van der Waals surface area contributed by atoms with Gasteiger partial charge in [0.05, 0.1) is 6.61 Å². The van der Waals surface area contributed by atoms with Gasteiger partial charge in [-0.15, -0.1) is 0 Å². The molecule has 1 saturated carbocycles. The molecule has 3 N–H and O–H groups in total. The summed E-state index contributed by atoms with van der Waals surface area (Å²) in [5.41, 5.74) is -0.471. The Labute approximate surface area is 79.7 Å². The molecule has 1 aliphatic carbocycles. The third-order valence-corrected chi connectivity index (χ3v) is 3.24. The average molecular weight is 201 g/mol. The number of aliphatic carboxylic acids is 1. The number of aliphatic hydroxyl groups excluding tert-OH is 1. The maximum Gasteiger partial charge on any atom is 0.408 e. The fraction of sp³-hybridized carbons (Fsp3) is 0.750. The Morgan fingerprint density at radius 2 is 2.00 bits per heavy atom. The van der Waals surface area contributed by atoms with Crippen LogP contribution >= 0.6 is 0 Å². The highest BCUT2D eigenvalue weighted by Gasteiger charge is 2.67. The topological polar surface area (TPSA) is 98.1 Å². The zero-order valence-corrected chi connectivity index (χ0v) is 7.38. The molecule has 2 aliphatic rings. The minimum atomic E-state index is -1.21. The number of carboxylic acids is 1. The van der Waals surface area contributed by atoms with E-state index < -0.39 is 23.5 Å². The number of nitrogens with zero attached hydrogens (tertiary/aromatic N) is 1. The Morgan fingerprint density at radius 1 is 1.36 bits per heavy atom. The second-order valence-electron chi connectivity index (χ2n) is 3.99. The van der Waals surface area contributed by atoms with E-state index in [1.165, 1.54) is 0 Å². The molecule has 6 heteroatoms. The molecule has 0 aromatic carbocycles. The van der Waals surface area contributed by atoms with Crippen LogP contribution in [0.25, 0.3) is 0 Å². The minimum Gasteiger partial charge on any atom is -0.480 e. The van der Waals surface area contributed by atoms with Crippen molar-refractivity contribution in [1.82, 2.24) is 4.90 Å². The Kier molecular flexibility index (Phi) is 1.72. The van der Waals surface area contributed by atoms with Crippen molar-refractivity contribution >= 4 is 12.1 Å². The summed E-state index contributed by atoms with van der Waals surface area (Å²) < 4.78 is 0. The lowest BCUT2D eigenvalue weighted by molar-refractivity contribution is -0.142. The summed E-state index contributed by atoms with van der Waals surface area (Å²) in [7, 11) is 0. The molecular formula is C8H11NO5. The van der Waals surface area contributed by atoms with Crippen LogP contribution in [0.3, 0.4) is 0 Å². The van der Waals surface area contributed by atoms with Crippen molar-refractivity contribution in [3.63, 3.8) is 0 Å². The predicted octanol–water partition coefficient (Wildman–Crippen LogP) is -0.426. The predicted molar refractivity (Wildman–Crippen MR) is 43.8 cm³/mol. The van der Waals surface area contributed by atoms with Gasteiger partial charge in [-0.3, -0.25) is 4.90 Å². The number of aliphatic hydroxyl groups is 1. The smallest absolute Gasteiger partial charge is 0.408 e. The first-order valence-corrected chi connectivity index (χ1v) is 4.37. The second-order valence-corrected chi connectivity index (χ2v) is 3.99. The summed E-state index contributed by atoms with van der Waals surface area (Å²) in [4.78, 5) is 22.5. The van der Waals surface area contributed by atoms with E-state index in [0.29, 0.717) is 6.42 Å². The van der Waals surface area contributed by atoms with Gasteiger partial charge in [0, 0.05) is 11.5 Å². The number of rotatable bonds is 2. The molecule has 2 rings (SSSR count). The van der Waals surface area contributed by atoms with E-state index in [1.807, 2.05) is 0 Å². The molecule has 1 heterocycles. The lowest BCUT2D eigenvalue weighted by Gasteiger charge is -2.20. The van der Waals surface area contributed by atoms with Crippen LogP contribution in [0.4, 0.5) is 4.79 Å². The van der Waals surface area contributed by atoms with Crippen LogP contribution in [-0.2, 0) is 4.79 Å². The molecular weight excluding hydrogens is 190 g/mol. The van der Waals surface area contributed by atoms with Gasteiger partial charge in [-0.2, -0.15) is 0 Å². The average Bonchev–Trinajstić information content (AvgIpc) is 2.71. The molecule has 1 unspecified atom stereocenters. The molecule has 0 spiro atoms. The highest BCUT2D eigenvalue weighted by Crippen LogP contribution is 2.59. The van der Waals surface area contributed by atoms with Gasteiger partial charge in [0.1, 0.15) is 6.04 Å². The normalized spacial score (nSPS) is 39.4. The van der Waals surface area contributed by atoms with Gasteiger partial charge in [0.2, 0.25) is 0 Å². The van der Waals surface area contributed by atoms with E-state index in [4.69, 9.17) is 15.3 Å². The first kappa shape index (κ1) is 9.26. The first-order chi connectivity index (χ1) is 6.52. The summed E-state index contributed by atoms with van der Waals surface area (Å²) in [5.74, 6) is -1.13. The van der Waals surface area contributed by atoms with Crippen molar-refractivity contribution in [2.45, 2.75) is 24.9 Å². The van der Waals surface area contributed by atoms with Gasteiger partial charge in [-0.25, -0.2) is 9.59 Å². The van der Waals surface area contributed by atoms with Crippen LogP contribution in [-0.4, -0.2) is 51.0 Å². The van der Waals surface area contributed by atoms with Crippen molar-refractivity contribution in [2.24, 2.45) is 5.41 Å². The molecule has 14 heavy (non-hydrogen) atoms. The fourth-order valence-corrected chi connectivity index (χ4v) is 2.35. The van der Waals surface area contributed by atoms with E-state index in [-0.39, 0.29) is 19.1 Å². The van der Waals surface area contributed by atoms with E-state index >= 15 is 0 Å².